The first-order valence-corrected chi connectivity index (χ1v) is 5.12. The van der Waals surface area contributed by atoms with Crippen LogP contribution in [0.5, 0.6) is 0 Å². The number of urea groups is 1. The third kappa shape index (κ3) is 4.02. The summed E-state index contributed by atoms with van der Waals surface area (Å²) in [5.74, 6) is -0.552. The van der Waals surface area contributed by atoms with E-state index in [4.69, 9.17) is 11.5 Å². The number of nitrogens with zero attached hydrogens (tertiary/aromatic N) is 1. The highest BCUT2D eigenvalue weighted by Crippen LogP contribution is 2.08. The predicted molar refractivity (Wildman–Crippen MR) is 64.9 cm³/mol. The van der Waals surface area contributed by atoms with Crippen LogP contribution in [0.15, 0.2) is 24.3 Å². The molecular weight excluding hydrogens is 220 g/mol. The molecule has 0 aromatic heterocycles. The Balaban J connectivity index is 2.75. The number of carbonyl (C=O) groups is 2. The summed E-state index contributed by atoms with van der Waals surface area (Å²) in [7, 11) is 1.50. The average Bonchev–Trinajstić information content (AvgIpc) is 2.29. The van der Waals surface area contributed by atoms with Gasteiger partial charge in [0.15, 0.2) is 0 Å². The Kier molecular flexibility index (Phi) is 4.33. The molecule has 3 amide bonds. The summed E-state index contributed by atoms with van der Waals surface area (Å²) < 4.78 is 0. The molecule has 0 aliphatic carbocycles. The molecule has 5 N–H and O–H groups in total. The lowest BCUT2D eigenvalue weighted by atomic mass is 10.2. The Morgan fingerprint density at radius 3 is 2.35 bits per heavy atom. The predicted octanol–water partition coefficient (Wildman–Crippen LogP) is -0.104. The summed E-state index contributed by atoms with van der Waals surface area (Å²) in [6, 6.07) is 6.72. The number of hydrogen-bond donors (Lipinski definition) is 3. The van der Waals surface area contributed by atoms with Crippen LogP contribution in [-0.2, 0) is 11.3 Å². The largest absolute Gasteiger partial charge is 0.399 e. The van der Waals surface area contributed by atoms with Gasteiger partial charge in [-0.2, -0.15) is 0 Å². The number of anilines is 1. The maximum Gasteiger partial charge on any atom is 0.317 e. The van der Waals surface area contributed by atoms with Crippen molar-refractivity contribution < 1.29 is 9.59 Å². The maximum absolute atomic E-state index is 11.5. The van der Waals surface area contributed by atoms with Crippen LogP contribution < -0.4 is 16.8 Å². The van der Waals surface area contributed by atoms with Gasteiger partial charge in [0, 0.05) is 19.3 Å². The number of benzene rings is 1. The van der Waals surface area contributed by atoms with Crippen LogP contribution in [-0.4, -0.2) is 30.4 Å². The van der Waals surface area contributed by atoms with Gasteiger partial charge in [-0.15, -0.1) is 0 Å². The zero-order chi connectivity index (χ0) is 12.8. The molecule has 1 aromatic rings. The van der Waals surface area contributed by atoms with Gasteiger partial charge >= 0.3 is 6.03 Å². The molecule has 6 heteroatoms. The molecule has 1 aromatic carbocycles. The lowest BCUT2D eigenvalue weighted by Gasteiger charge is -2.20. The van der Waals surface area contributed by atoms with Crippen LogP contribution in [0.1, 0.15) is 5.56 Å². The molecule has 0 radical (unpaired) electrons. The quantitative estimate of drug-likeness (QED) is 0.636. The van der Waals surface area contributed by atoms with Crippen molar-refractivity contribution >= 4 is 17.6 Å². The second-order valence-corrected chi connectivity index (χ2v) is 3.62. The Hall–Kier alpha value is -2.24. The van der Waals surface area contributed by atoms with E-state index in [2.05, 4.69) is 5.32 Å². The number of hydrogen-bond acceptors (Lipinski definition) is 3. The van der Waals surface area contributed by atoms with Gasteiger partial charge in [-0.1, -0.05) is 12.1 Å². The zero-order valence-corrected chi connectivity index (χ0v) is 9.64. The molecule has 0 unspecified atom stereocenters. The number of rotatable bonds is 4. The lowest BCUT2D eigenvalue weighted by Crippen LogP contribution is -2.42. The summed E-state index contributed by atoms with van der Waals surface area (Å²) >= 11 is 0. The van der Waals surface area contributed by atoms with E-state index in [9.17, 15) is 9.59 Å². The third-order valence-corrected chi connectivity index (χ3v) is 2.20. The van der Waals surface area contributed by atoms with E-state index < -0.39 is 5.91 Å². The monoisotopic (exact) mass is 236 g/mol. The van der Waals surface area contributed by atoms with Gasteiger partial charge in [-0.25, -0.2) is 4.79 Å². The van der Waals surface area contributed by atoms with E-state index in [1.54, 1.807) is 24.3 Å². The highest BCUT2D eigenvalue weighted by Gasteiger charge is 2.14. The molecule has 0 saturated carbocycles. The van der Waals surface area contributed by atoms with Crippen LogP contribution in [0, 0.1) is 0 Å². The topological polar surface area (TPSA) is 101 Å². The molecule has 92 valence electrons. The van der Waals surface area contributed by atoms with Gasteiger partial charge in [-0.3, -0.25) is 4.79 Å². The number of amides is 3. The zero-order valence-electron chi connectivity index (χ0n) is 9.64. The van der Waals surface area contributed by atoms with Crippen molar-refractivity contribution in [1.29, 1.82) is 0 Å². The molecule has 6 nitrogen and oxygen atoms in total. The minimum absolute atomic E-state index is 0.121. The molecular formula is C11H16N4O2. The van der Waals surface area contributed by atoms with Crippen molar-refractivity contribution in [3.05, 3.63) is 29.8 Å². The first kappa shape index (κ1) is 12.8. The summed E-state index contributed by atoms with van der Waals surface area (Å²) in [5.41, 5.74) is 12.2. The van der Waals surface area contributed by atoms with Crippen molar-refractivity contribution in [2.24, 2.45) is 5.73 Å². The summed E-state index contributed by atoms with van der Waals surface area (Å²) in [4.78, 5) is 23.7. The highest BCUT2D eigenvalue weighted by atomic mass is 16.2. The molecule has 17 heavy (non-hydrogen) atoms. The van der Waals surface area contributed by atoms with Crippen molar-refractivity contribution in [2.75, 3.05) is 19.3 Å². The highest BCUT2D eigenvalue weighted by molar-refractivity contribution is 5.82. The Bertz CT molecular complexity index is 402. The third-order valence-electron chi connectivity index (χ3n) is 2.20. The maximum atomic E-state index is 11.5. The number of nitrogen functional groups attached to an aromatic ring is 1. The minimum Gasteiger partial charge on any atom is -0.399 e. The fourth-order valence-electron chi connectivity index (χ4n) is 1.39. The SMILES string of the molecule is CNC(=O)N(CC(N)=O)Cc1ccc(N)cc1. The molecule has 0 bridgehead atoms. The Morgan fingerprint density at radius 2 is 1.88 bits per heavy atom. The first-order chi connectivity index (χ1) is 8.02. The van der Waals surface area contributed by atoms with Gasteiger partial charge in [0.05, 0.1) is 0 Å². The van der Waals surface area contributed by atoms with E-state index in [1.807, 2.05) is 0 Å². The van der Waals surface area contributed by atoms with Gasteiger partial charge in [-0.05, 0) is 17.7 Å². The van der Waals surface area contributed by atoms with E-state index in [0.29, 0.717) is 12.2 Å². The van der Waals surface area contributed by atoms with Crippen LogP contribution in [0.25, 0.3) is 0 Å². The second-order valence-electron chi connectivity index (χ2n) is 3.62. The molecule has 0 heterocycles. The lowest BCUT2D eigenvalue weighted by molar-refractivity contribution is -0.118. The molecule has 1 rings (SSSR count). The number of nitrogens with two attached hydrogens (primary N) is 2. The molecule has 0 atom stereocenters. The van der Waals surface area contributed by atoms with E-state index in [0.717, 1.165) is 5.56 Å². The van der Waals surface area contributed by atoms with E-state index in [1.165, 1.54) is 11.9 Å². The van der Waals surface area contributed by atoms with Crippen molar-refractivity contribution in [3.8, 4) is 0 Å². The van der Waals surface area contributed by atoms with Crippen molar-refractivity contribution in [2.45, 2.75) is 6.54 Å². The second kappa shape index (κ2) is 5.74. The number of carbonyl (C=O) groups excluding carboxylic acids is 2. The van der Waals surface area contributed by atoms with E-state index >= 15 is 0 Å². The smallest absolute Gasteiger partial charge is 0.317 e. The molecule has 0 saturated heterocycles. The number of nitrogens with one attached hydrogen (secondary N) is 1. The summed E-state index contributed by atoms with van der Waals surface area (Å²) in [6.45, 7) is 0.187. The molecule has 0 fully saturated rings. The first-order valence-electron chi connectivity index (χ1n) is 5.12. The summed E-state index contributed by atoms with van der Waals surface area (Å²) in [6.07, 6.45) is 0. The van der Waals surface area contributed by atoms with Gasteiger partial charge in [0.25, 0.3) is 0 Å². The Labute approximate surface area is 99.6 Å². The minimum atomic E-state index is -0.552. The van der Waals surface area contributed by atoms with Gasteiger partial charge in [0.2, 0.25) is 5.91 Å². The molecule has 0 aliphatic rings. The van der Waals surface area contributed by atoms with Gasteiger partial charge in [0.1, 0.15) is 6.54 Å². The fraction of sp³-hybridized carbons (Fsp3) is 0.273. The Morgan fingerprint density at radius 1 is 1.29 bits per heavy atom. The normalized spacial score (nSPS) is 9.71. The van der Waals surface area contributed by atoms with E-state index in [-0.39, 0.29) is 12.6 Å². The summed E-state index contributed by atoms with van der Waals surface area (Å²) in [5, 5.41) is 2.46. The van der Waals surface area contributed by atoms with Crippen LogP contribution in [0.3, 0.4) is 0 Å². The molecule has 0 aliphatic heterocycles. The van der Waals surface area contributed by atoms with Crippen molar-refractivity contribution in [1.82, 2.24) is 10.2 Å². The van der Waals surface area contributed by atoms with Gasteiger partial charge < -0.3 is 21.7 Å². The van der Waals surface area contributed by atoms with Crippen molar-refractivity contribution in [3.63, 3.8) is 0 Å². The van der Waals surface area contributed by atoms with Crippen LogP contribution in [0.4, 0.5) is 10.5 Å². The van der Waals surface area contributed by atoms with Crippen LogP contribution >= 0.6 is 0 Å². The number of primary amides is 1. The molecule has 0 spiro atoms. The standard InChI is InChI=1S/C11H16N4O2/c1-14-11(17)15(7-10(13)16)6-8-2-4-9(12)5-3-8/h2-5H,6-7,12H2,1H3,(H2,13,16)(H,14,17). The fourth-order valence-corrected chi connectivity index (χ4v) is 1.39. The van der Waals surface area contributed by atoms with Crippen LogP contribution in [0.2, 0.25) is 0 Å². The average molecular weight is 236 g/mol.